The number of Topliss-reactive ketones (excluding diaryl/α,β-unsaturated/α-hetero) is 1. The molecular weight excluding hydrogens is 156 g/mol. The van der Waals surface area contributed by atoms with E-state index in [1.165, 1.54) is 13.8 Å². The van der Waals surface area contributed by atoms with E-state index < -0.39 is 11.7 Å². The van der Waals surface area contributed by atoms with E-state index in [0.29, 0.717) is 6.42 Å². The Morgan fingerprint density at radius 2 is 2.08 bits per heavy atom. The van der Waals surface area contributed by atoms with Crippen LogP contribution in [-0.4, -0.2) is 27.7 Å². The van der Waals surface area contributed by atoms with Gasteiger partial charge in [0.25, 0.3) is 0 Å². The van der Waals surface area contributed by atoms with Gasteiger partial charge in [-0.15, -0.1) is 0 Å². The fourth-order valence-corrected chi connectivity index (χ4v) is 0.823. The lowest BCUT2D eigenvalue weighted by atomic mass is 9.92. The third-order valence-corrected chi connectivity index (χ3v) is 2.14. The molecule has 2 atom stereocenters. The summed E-state index contributed by atoms with van der Waals surface area (Å²) in [6.45, 7) is 4.75. The average molecular weight is 174 g/mol. The van der Waals surface area contributed by atoms with Crippen molar-refractivity contribution in [2.75, 3.05) is 0 Å². The molecule has 0 radical (unpaired) electrons. The first kappa shape index (κ1) is 11.6. The summed E-state index contributed by atoms with van der Waals surface area (Å²) >= 11 is 0. The topological polar surface area (TPSA) is 57.5 Å². The predicted molar refractivity (Wildman–Crippen MR) is 46.8 cm³/mol. The number of carbonyl (C=O) groups excluding carboxylic acids is 1. The Kier molecular flexibility index (Phi) is 4.42. The van der Waals surface area contributed by atoms with E-state index >= 15 is 0 Å². The minimum atomic E-state index is -1.57. The summed E-state index contributed by atoms with van der Waals surface area (Å²) in [5.74, 6) is -0.278. The number of carbonyl (C=O) groups is 1. The highest BCUT2D eigenvalue weighted by Crippen LogP contribution is 2.14. The summed E-state index contributed by atoms with van der Waals surface area (Å²) in [5.41, 5.74) is -1.57. The molecular formula is C9H18O3. The fourth-order valence-electron chi connectivity index (χ4n) is 0.823. The van der Waals surface area contributed by atoms with Crippen molar-refractivity contribution in [3.8, 4) is 0 Å². The highest BCUT2D eigenvalue weighted by atomic mass is 16.3. The molecule has 0 heterocycles. The van der Waals surface area contributed by atoms with Crippen LogP contribution < -0.4 is 0 Å². The maximum atomic E-state index is 11.3. The van der Waals surface area contributed by atoms with Gasteiger partial charge in [-0.2, -0.15) is 0 Å². The Hall–Kier alpha value is -0.410. The van der Waals surface area contributed by atoms with Gasteiger partial charge in [-0.1, -0.05) is 13.3 Å². The molecule has 3 heteroatoms. The zero-order chi connectivity index (χ0) is 9.78. The highest BCUT2D eigenvalue weighted by Gasteiger charge is 2.34. The second-order valence-corrected chi connectivity index (χ2v) is 3.35. The Morgan fingerprint density at radius 1 is 1.58 bits per heavy atom. The van der Waals surface area contributed by atoms with Gasteiger partial charge in [0.15, 0.2) is 5.78 Å². The summed E-state index contributed by atoms with van der Waals surface area (Å²) in [6, 6.07) is 0. The van der Waals surface area contributed by atoms with Gasteiger partial charge >= 0.3 is 0 Å². The van der Waals surface area contributed by atoms with Crippen LogP contribution >= 0.6 is 0 Å². The van der Waals surface area contributed by atoms with Crippen LogP contribution in [0.1, 0.15) is 40.0 Å². The molecule has 0 saturated carbocycles. The molecule has 3 nitrogen and oxygen atoms in total. The van der Waals surface area contributed by atoms with Crippen LogP contribution in [0.15, 0.2) is 0 Å². The number of unbranched alkanes of at least 4 members (excludes halogenated alkanes) is 1. The minimum absolute atomic E-state index is 0.278. The van der Waals surface area contributed by atoms with Crippen molar-refractivity contribution in [1.82, 2.24) is 0 Å². The number of aliphatic hydroxyl groups excluding tert-OH is 1. The Balaban J connectivity index is 4.07. The van der Waals surface area contributed by atoms with Crippen molar-refractivity contribution < 1.29 is 15.0 Å². The number of rotatable bonds is 5. The molecule has 2 N–H and O–H groups in total. The second kappa shape index (κ2) is 4.58. The molecule has 0 aliphatic rings. The summed E-state index contributed by atoms with van der Waals surface area (Å²) in [4.78, 5) is 11.3. The van der Waals surface area contributed by atoms with E-state index in [1.807, 2.05) is 6.92 Å². The van der Waals surface area contributed by atoms with Crippen molar-refractivity contribution in [2.24, 2.45) is 0 Å². The van der Waals surface area contributed by atoms with E-state index in [1.54, 1.807) is 0 Å². The fraction of sp³-hybridized carbons (Fsp3) is 0.889. The molecule has 0 spiro atoms. The van der Waals surface area contributed by atoms with Gasteiger partial charge in [0, 0.05) is 6.42 Å². The molecule has 0 aliphatic carbocycles. The predicted octanol–water partition coefficient (Wildman–Crippen LogP) is 0.877. The molecule has 0 aliphatic heterocycles. The second-order valence-electron chi connectivity index (χ2n) is 3.35. The Labute approximate surface area is 73.4 Å². The van der Waals surface area contributed by atoms with Crippen molar-refractivity contribution in [3.05, 3.63) is 0 Å². The molecule has 0 bridgehead atoms. The van der Waals surface area contributed by atoms with Gasteiger partial charge in [-0.25, -0.2) is 0 Å². The van der Waals surface area contributed by atoms with Gasteiger partial charge in [-0.05, 0) is 20.3 Å². The van der Waals surface area contributed by atoms with Crippen LogP contribution in [-0.2, 0) is 4.79 Å². The molecule has 0 aromatic heterocycles. The highest BCUT2D eigenvalue weighted by molar-refractivity contribution is 5.87. The van der Waals surface area contributed by atoms with Gasteiger partial charge < -0.3 is 10.2 Å². The maximum absolute atomic E-state index is 11.3. The molecule has 0 aromatic carbocycles. The number of hydrogen-bond donors (Lipinski definition) is 2. The van der Waals surface area contributed by atoms with Crippen LogP contribution in [0.25, 0.3) is 0 Å². The first-order chi connectivity index (χ1) is 5.42. The molecule has 0 rings (SSSR count). The summed E-state index contributed by atoms with van der Waals surface area (Å²) in [5, 5.41) is 18.6. The van der Waals surface area contributed by atoms with Crippen molar-refractivity contribution >= 4 is 5.78 Å². The smallest absolute Gasteiger partial charge is 0.166 e. The van der Waals surface area contributed by atoms with Crippen molar-refractivity contribution in [2.45, 2.75) is 51.7 Å². The summed E-state index contributed by atoms with van der Waals surface area (Å²) in [6.07, 6.45) is 1.03. The first-order valence-corrected chi connectivity index (χ1v) is 4.36. The Morgan fingerprint density at radius 3 is 2.42 bits per heavy atom. The first-order valence-electron chi connectivity index (χ1n) is 4.36. The lowest BCUT2D eigenvalue weighted by Gasteiger charge is -2.24. The van der Waals surface area contributed by atoms with E-state index in [0.717, 1.165) is 12.8 Å². The van der Waals surface area contributed by atoms with E-state index in [2.05, 4.69) is 0 Å². The van der Waals surface area contributed by atoms with Gasteiger partial charge in [0.1, 0.15) is 5.60 Å². The van der Waals surface area contributed by atoms with Gasteiger partial charge in [0.05, 0.1) is 6.10 Å². The third kappa shape index (κ3) is 2.91. The van der Waals surface area contributed by atoms with Crippen molar-refractivity contribution in [3.63, 3.8) is 0 Å². The maximum Gasteiger partial charge on any atom is 0.166 e. The summed E-state index contributed by atoms with van der Waals surface area (Å²) in [7, 11) is 0. The number of hydrogen-bond acceptors (Lipinski definition) is 3. The zero-order valence-electron chi connectivity index (χ0n) is 8.00. The van der Waals surface area contributed by atoms with E-state index in [-0.39, 0.29) is 5.78 Å². The molecule has 0 fully saturated rings. The number of aliphatic hydroxyl groups is 2. The molecule has 0 amide bonds. The summed E-state index contributed by atoms with van der Waals surface area (Å²) < 4.78 is 0. The molecule has 0 aromatic rings. The standard InChI is InChI=1S/C9H18O3/c1-4-5-6-8(11)9(3,12)7(2)10/h7,10,12H,4-6H2,1-3H3/t7-,9+/m0/s1. The van der Waals surface area contributed by atoms with Crippen LogP contribution in [0.4, 0.5) is 0 Å². The monoisotopic (exact) mass is 174 g/mol. The molecule has 12 heavy (non-hydrogen) atoms. The molecule has 72 valence electrons. The lowest BCUT2D eigenvalue weighted by Crippen LogP contribution is -2.45. The zero-order valence-corrected chi connectivity index (χ0v) is 8.00. The van der Waals surface area contributed by atoms with Crippen LogP contribution in [0, 0.1) is 0 Å². The minimum Gasteiger partial charge on any atom is -0.390 e. The SMILES string of the molecule is CCCCC(=O)[C@](C)(O)[C@H](C)O. The van der Waals surface area contributed by atoms with Crippen LogP contribution in [0.2, 0.25) is 0 Å². The third-order valence-electron chi connectivity index (χ3n) is 2.14. The lowest BCUT2D eigenvalue weighted by molar-refractivity contribution is -0.146. The van der Waals surface area contributed by atoms with E-state index in [9.17, 15) is 9.90 Å². The van der Waals surface area contributed by atoms with E-state index in [4.69, 9.17) is 5.11 Å². The van der Waals surface area contributed by atoms with Crippen LogP contribution in [0.3, 0.4) is 0 Å². The van der Waals surface area contributed by atoms with Crippen molar-refractivity contribution in [1.29, 1.82) is 0 Å². The van der Waals surface area contributed by atoms with Gasteiger partial charge in [0.2, 0.25) is 0 Å². The van der Waals surface area contributed by atoms with Gasteiger partial charge in [-0.3, -0.25) is 4.79 Å². The molecule has 0 saturated heterocycles. The average Bonchev–Trinajstić information content (AvgIpc) is 1.99. The Bertz CT molecular complexity index is 150. The van der Waals surface area contributed by atoms with Crippen LogP contribution in [0.5, 0.6) is 0 Å². The number of ketones is 1. The molecule has 0 unspecified atom stereocenters. The quantitative estimate of drug-likeness (QED) is 0.650. The normalized spacial score (nSPS) is 18.4. The largest absolute Gasteiger partial charge is 0.390 e.